The maximum atomic E-state index is 5.64. The van der Waals surface area contributed by atoms with Crippen LogP contribution in [0.4, 0.5) is 0 Å². The second kappa shape index (κ2) is 5.27. The smallest absolute Gasteiger partial charge is 0.0935 e. The second-order valence-corrected chi connectivity index (χ2v) is 7.41. The summed E-state index contributed by atoms with van der Waals surface area (Å²) in [4.78, 5) is 4.60. The van der Waals surface area contributed by atoms with E-state index in [4.69, 9.17) is 4.74 Å². The van der Waals surface area contributed by atoms with Crippen molar-refractivity contribution < 1.29 is 4.74 Å². The fourth-order valence-corrected chi connectivity index (χ4v) is 3.19. The zero-order valence-corrected chi connectivity index (χ0v) is 12.7. The first-order valence-electron chi connectivity index (χ1n) is 6.62. The van der Waals surface area contributed by atoms with Crippen LogP contribution in [0.25, 0.3) is 0 Å². The maximum Gasteiger partial charge on any atom is 0.0935 e. The first kappa shape index (κ1) is 14.0. The van der Waals surface area contributed by atoms with Crippen molar-refractivity contribution in [3.05, 3.63) is 16.1 Å². The fraction of sp³-hybridized carbons (Fsp3) is 0.786. The Morgan fingerprint density at radius 1 is 1.50 bits per heavy atom. The first-order valence-corrected chi connectivity index (χ1v) is 7.50. The van der Waals surface area contributed by atoms with Crippen LogP contribution in [0.5, 0.6) is 0 Å². The number of hydrogen-bond donors (Lipinski definition) is 1. The summed E-state index contributed by atoms with van der Waals surface area (Å²) in [6, 6.07) is 0. The third-order valence-electron chi connectivity index (χ3n) is 3.37. The summed E-state index contributed by atoms with van der Waals surface area (Å²) in [5, 5.41) is 7.01. The van der Waals surface area contributed by atoms with Crippen molar-refractivity contribution >= 4 is 11.3 Å². The molecule has 0 amide bonds. The van der Waals surface area contributed by atoms with Crippen molar-refractivity contribution in [3.8, 4) is 0 Å². The van der Waals surface area contributed by atoms with Gasteiger partial charge in [-0.15, -0.1) is 11.3 Å². The molecule has 0 spiro atoms. The summed E-state index contributed by atoms with van der Waals surface area (Å²) in [5.41, 5.74) is 1.53. The average molecular weight is 268 g/mol. The monoisotopic (exact) mass is 268 g/mol. The normalized spacial score (nSPS) is 24.7. The quantitative estimate of drug-likeness (QED) is 0.912. The Bertz CT molecular complexity index is 389. The fourth-order valence-electron chi connectivity index (χ4n) is 2.25. The van der Waals surface area contributed by atoms with Crippen LogP contribution in [0.15, 0.2) is 5.38 Å². The molecule has 1 N–H and O–H groups in total. The minimum absolute atomic E-state index is 0.161. The molecule has 1 unspecified atom stereocenters. The first-order chi connectivity index (χ1) is 8.39. The lowest BCUT2D eigenvalue weighted by Gasteiger charge is -2.31. The molecular weight excluding hydrogens is 244 g/mol. The van der Waals surface area contributed by atoms with Crippen molar-refractivity contribution in [3.63, 3.8) is 0 Å². The molecule has 1 atom stereocenters. The molecule has 0 saturated carbocycles. The molecular formula is C14H24N2OS. The van der Waals surface area contributed by atoms with Gasteiger partial charge in [0, 0.05) is 41.6 Å². The van der Waals surface area contributed by atoms with Gasteiger partial charge < -0.3 is 10.1 Å². The van der Waals surface area contributed by atoms with E-state index in [9.17, 15) is 0 Å². The van der Waals surface area contributed by atoms with E-state index in [2.05, 4.69) is 43.4 Å². The summed E-state index contributed by atoms with van der Waals surface area (Å²) < 4.78 is 5.64. The highest BCUT2D eigenvalue weighted by Gasteiger charge is 2.36. The summed E-state index contributed by atoms with van der Waals surface area (Å²) in [6.07, 6.45) is 2.17. The number of ether oxygens (including phenoxy) is 1. The number of nitrogens with one attached hydrogen (secondary N) is 1. The summed E-state index contributed by atoms with van der Waals surface area (Å²) >= 11 is 1.77. The van der Waals surface area contributed by atoms with Crippen LogP contribution in [-0.2, 0) is 11.2 Å². The minimum atomic E-state index is 0.161. The highest BCUT2D eigenvalue weighted by atomic mass is 32.1. The zero-order chi connectivity index (χ0) is 13.2. The molecule has 1 saturated heterocycles. The van der Waals surface area contributed by atoms with E-state index in [-0.39, 0.29) is 11.0 Å². The molecule has 0 radical (unpaired) electrons. The molecule has 1 aromatic rings. The van der Waals surface area contributed by atoms with Crippen LogP contribution in [0.3, 0.4) is 0 Å². The lowest BCUT2D eigenvalue weighted by atomic mass is 9.83. The second-order valence-electron chi connectivity index (χ2n) is 6.47. The highest BCUT2D eigenvalue weighted by molar-refractivity contribution is 7.09. The maximum absolute atomic E-state index is 5.64. The van der Waals surface area contributed by atoms with Gasteiger partial charge in [0.05, 0.1) is 11.6 Å². The Kier molecular flexibility index (Phi) is 4.09. The van der Waals surface area contributed by atoms with Gasteiger partial charge in [-0.1, -0.05) is 0 Å². The zero-order valence-electron chi connectivity index (χ0n) is 11.9. The van der Waals surface area contributed by atoms with Crippen molar-refractivity contribution in [1.29, 1.82) is 0 Å². The molecule has 102 valence electrons. The molecule has 4 heteroatoms. The van der Waals surface area contributed by atoms with E-state index in [0.29, 0.717) is 0 Å². The Balaban J connectivity index is 2.02. The predicted molar refractivity (Wildman–Crippen MR) is 76.2 cm³/mol. The van der Waals surface area contributed by atoms with Crippen LogP contribution < -0.4 is 5.32 Å². The molecule has 1 aliphatic rings. The molecule has 3 nitrogen and oxygen atoms in total. The van der Waals surface area contributed by atoms with E-state index in [1.807, 2.05) is 0 Å². The van der Waals surface area contributed by atoms with Gasteiger partial charge in [-0.3, -0.25) is 0 Å². The van der Waals surface area contributed by atoms with Gasteiger partial charge in [-0.25, -0.2) is 4.98 Å². The van der Waals surface area contributed by atoms with E-state index in [1.54, 1.807) is 11.3 Å². The van der Waals surface area contributed by atoms with Crippen LogP contribution >= 0.6 is 11.3 Å². The van der Waals surface area contributed by atoms with Crippen molar-refractivity contribution in [2.75, 3.05) is 19.8 Å². The predicted octanol–water partition coefficient (Wildman–Crippen LogP) is 2.79. The molecule has 0 bridgehead atoms. The van der Waals surface area contributed by atoms with Crippen LogP contribution in [-0.4, -0.2) is 30.3 Å². The lowest BCUT2D eigenvalue weighted by molar-refractivity contribution is 0.144. The standard InChI is InChI=1S/C14H24N2OS/c1-11-8-18-12(16-11)7-14(5-6-17-10-14)9-15-13(2,3)4/h8,15H,5-7,9-10H2,1-4H3. The largest absolute Gasteiger partial charge is 0.381 e. The number of hydrogen-bond acceptors (Lipinski definition) is 4. The van der Waals surface area contributed by atoms with Gasteiger partial charge in [0.2, 0.25) is 0 Å². The Morgan fingerprint density at radius 3 is 2.78 bits per heavy atom. The minimum Gasteiger partial charge on any atom is -0.381 e. The molecule has 1 aliphatic heterocycles. The number of thiazole rings is 1. The third-order valence-corrected chi connectivity index (χ3v) is 4.34. The molecule has 2 rings (SSSR count). The number of aryl methyl sites for hydroxylation is 1. The SMILES string of the molecule is Cc1csc(CC2(CNC(C)(C)C)CCOC2)n1. The summed E-state index contributed by atoms with van der Waals surface area (Å²) in [5.74, 6) is 0. The van der Waals surface area contributed by atoms with E-state index < -0.39 is 0 Å². The van der Waals surface area contributed by atoms with Crippen LogP contribution in [0, 0.1) is 12.3 Å². The van der Waals surface area contributed by atoms with Crippen molar-refractivity contribution in [2.24, 2.45) is 5.41 Å². The van der Waals surface area contributed by atoms with Gasteiger partial charge in [-0.2, -0.15) is 0 Å². The lowest BCUT2D eigenvalue weighted by Crippen LogP contribution is -2.45. The third kappa shape index (κ3) is 3.77. The van der Waals surface area contributed by atoms with Crippen LogP contribution in [0.1, 0.15) is 37.9 Å². The van der Waals surface area contributed by atoms with Crippen LogP contribution in [0.2, 0.25) is 0 Å². The molecule has 1 aromatic heterocycles. The van der Waals surface area contributed by atoms with E-state index >= 15 is 0 Å². The number of nitrogens with zero attached hydrogens (tertiary/aromatic N) is 1. The molecule has 2 heterocycles. The van der Waals surface area contributed by atoms with Crippen molar-refractivity contribution in [2.45, 2.75) is 46.1 Å². The molecule has 18 heavy (non-hydrogen) atoms. The van der Waals surface area contributed by atoms with Gasteiger partial charge in [-0.05, 0) is 34.1 Å². The highest BCUT2D eigenvalue weighted by Crippen LogP contribution is 2.33. The Hall–Kier alpha value is -0.450. The number of aromatic nitrogens is 1. The van der Waals surface area contributed by atoms with Gasteiger partial charge >= 0.3 is 0 Å². The summed E-state index contributed by atoms with van der Waals surface area (Å²) in [7, 11) is 0. The van der Waals surface area contributed by atoms with Gasteiger partial charge in [0.1, 0.15) is 0 Å². The average Bonchev–Trinajstić information content (AvgIpc) is 2.86. The van der Waals surface area contributed by atoms with Gasteiger partial charge in [0.15, 0.2) is 0 Å². The topological polar surface area (TPSA) is 34.1 Å². The van der Waals surface area contributed by atoms with E-state index in [1.165, 1.54) is 5.01 Å². The number of rotatable bonds is 4. The summed E-state index contributed by atoms with van der Waals surface area (Å²) in [6.45, 7) is 11.4. The Morgan fingerprint density at radius 2 is 2.28 bits per heavy atom. The Labute approximate surface area is 114 Å². The van der Waals surface area contributed by atoms with Gasteiger partial charge in [0.25, 0.3) is 0 Å². The van der Waals surface area contributed by atoms with Crippen molar-refractivity contribution in [1.82, 2.24) is 10.3 Å². The van der Waals surface area contributed by atoms with E-state index in [0.717, 1.165) is 38.3 Å². The molecule has 0 aliphatic carbocycles. The molecule has 0 aromatic carbocycles. The molecule has 1 fully saturated rings.